The Morgan fingerprint density at radius 1 is 1.11 bits per heavy atom. The van der Waals surface area contributed by atoms with Crippen molar-refractivity contribution in [3.8, 4) is 0 Å². The van der Waals surface area contributed by atoms with Crippen molar-refractivity contribution < 1.29 is 0 Å². The lowest BCUT2D eigenvalue weighted by Gasteiger charge is -2.09. The predicted octanol–water partition coefficient (Wildman–Crippen LogP) is 5.16. The van der Waals surface area contributed by atoms with E-state index in [9.17, 15) is 0 Å². The lowest BCUT2D eigenvalue weighted by atomic mass is 10.1. The molecule has 0 bridgehead atoms. The Bertz CT molecular complexity index is 555. The van der Waals surface area contributed by atoms with Crippen LogP contribution in [-0.2, 0) is 0 Å². The van der Waals surface area contributed by atoms with Crippen molar-refractivity contribution in [2.24, 2.45) is 5.73 Å². The number of rotatable bonds is 3. The summed E-state index contributed by atoms with van der Waals surface area (Å²) in [7, 11) is 0. The molecular formula is C14H13Cl2NS. The van der Waals surface area contributed by atoms with E-state index in [0.29, 0.717) is 0 Å². The molecule has 1 nitrogen and oxygen atoms in total. The Morgan fingerprint density at radius 2 is 1.89 bits per heavy atom. The first kappa shape index (κ1) is 13.8. The molecule has 4 heteroatoms. The third-order valence-corrected chi connectivity index (χ3v) is 4.23. The van der Waals surface area contributed by atoms with Gasteiger partial charge in [-0.25, -0.2) is 0 Å². The molecule has 2 N–H and O–H groups in total. The fourth-order valence-corrected chi connectivity index (χ4v) is 2.98. The summed E-state index contributed by atoms with van der Waals surface area (Å²) in [5.41, 5.74) is 6.86. The highest BCUT2D eigenvalue weighted by molar-refractivity contribution is 7.99. The number of benzene rings is 2. The molecule has 0 amide bonds. The zero-order chi connectivity index (χ0) is 13.1. The van der Waals surface area contributed by atoms with Gasteiger partial charge in [0.05, 0.1) is 5.02 Å². The minimum absolute atomic E-state index is 0.00674. The molecule has 2 aromatic carbocycles. The zero-order valence-corrected chi connectivity index (χ0v) is 12.2. The molecule has 0 aliphatic rings. The summed E-state index contributed by atoms with van der Waals surface area (Å²) in [6, 6.07) is 13.6. The first-order valence-corrected chi connectivity index (χ1v) is 7.12. The van der Waals surface area contributed by atoms with E-state index in [0.717, 1.165) is 25.4 Å². The van der Waals surface area contributed by atoms with Gasteiger partial charge in [0.15, 0.2) is 0 Å². The number of nitrogens with two attached hydrogens (primary N) is 1. The Labute approximate surface area is 121 Å². The van der Waals surface area contributed by atoms with Crippen LogP contribution < -0.4 is 5.73 Å². The second-order valence-electron chi connectivity index (χ2n) is 4.04. The summed E-state index contributed by atoms with van der Waals surface area (Å²) in [4.78, 5) is 2.07. The van der Waals surface area contributed by atoms with Gasteiger partial charge in [-0.1, -0.05) is 47.1 Å². The molecule has 18 heavy (non-hydrogen) atoms. The van der Waals surface area contributed by atoms with E-state index < -0.39 is 0 Å². The summed E-state index contributed by atoms with van der Waals surface area (Å²) < 4.78 is 0. The molecule has 0 saturated heterocycles. The molecule has 2 rings (SSSR count). The third-order valence-electron chi connectivity index (χ3n) is 2.51. The molecule has 0 aliphatic carbocycles. The monoisotopic (exact) mass is 297 g/mol. The van der Waals surface area contributed by atoms with E-state index >= 15 is 0 Å². The van der Waals surface area contributed by atoms with E-state index in [2.05, 4.69) is 0 Å². The molecule has 2 aromatic rings. The van der Waals surface area contributed by atoms with Crippen molar-refractivity contribution in [2.75, 3.05) is 0 Å². The first-order chi connectivity index (χ1) is 8.56. The number of halogens is 2. The molecule has 0 heterocycles. The SMILES string of the molecule is C[C@H](N)c1ccc(Sc2cccc(Cl)c2)c(Cl)c1. The normalized spacial score (nSPS) is 12.4. The molecule has 0 radical (unpaired) electrons. The number of hydrogen-bond donors (Lipinski definition) is 1. The molecule has 0 unspecified atom stereocenters. The maximum Gasteiger partial charge on any atom is 0.0548 e. The van der Waals surface area contributed by atoms with Crippen molar-refractivity contribution in [1.29, 1.82) is 0 Å². The largest absolute Gasteiger partial charge is 0.324 e. The smallest absolute Gasteiger partial charge is 0.0548 e. The van der Waals surface area contributed by atoms with Crippen LogP contribution >= 0.6 is 35.0 Å². The zero-order valence-electron chi connectivity index (χ0n) is 9.86. The van der Waals surface area contributed by atoms with Crippen LogP contribution in [0.4, 0.5) is 0 Å². The molecule has 0 spiro atoms. The second kappa shape index (κ2) is 5.98. The quantitative estimate of drug-likeness (QED) is 0.846. The fraction of sp³-hybridized carbons (Fsp3) is 0.143. The van der Waals surface area contributed by atoms with Crippen LogP contribution in [0, 0.1) is 0 Å². The van der Waals surface area contributed by atoms with Gasteiger partial charge in [-0.05, 0) is 42.8 Å². The van der Waals surface area contributed by atoms with E-state index in [1.165, 1.54) is 0 Å². The Balaban J connectivity index is 2.24. The molecular weight excluding hydrogens is 285 g/mol. The predicted molar refractivity (Wildman–Crippen MR) is 79.6 cm³/mol. The molecule has 94 valence electrons. The van der Waals surface area contributed by atoms with Crippen LogP contribution in [-0.4, -0.2) is 0 Å². The molecule has 0 fully saturated rings. The average molecular weight is 298 g/mol. The van der Waals surface area contributed by atoms with Gasteiger partial charge in [0, 0.05) is 20.9 Å². The van der Waals surface area contributed by atoms with E-state index in [1.54, 1.807) is 11.8 Å². The maximum absolute atomic E-state index is 6.25. The Hall–Kier alpha value is -0.670. The van der Waals surface area contributed by atoms with Gasteiger partial charge < -0.3 is 5.73 Å². The van der Waals surface area contributed by atoms with Crippen LogP contribution in [0.25, 0.3) is 0 Å². The highest BCUT2D eigenvalue weighted by Gasteiger charge is 2.06. The molecule has 0 aliphatic heterocycles. The van der Waals surface area contributed by atoms with Gasteiger partial charge in [0.2, 0.25) is 0 Å². The molecule has 0 saturated carbocycles. The van der Waals surface area contributed by atoms with E-state index in [4.69, 9.17) is 28.9 Å². The van der Waals surface area contributed by atoms with Crippen molar-refractivity contribution >= 4 is 35.0 Å². The summed E-state index contributed by atoms with van der Waals surface area (Å²) in [5.74, 6) is 0. The summed E-state index contributed by atoms with van der Waals surface area (Å²) in [6.45, 7) is 1.94. The van der Waals surface area contributed by atoms with Gasteiger partial charge >= 0.3 is 0 Å². The van der Waals surface area contributed by atoms with E-state index in [-0.39, 0.29) is 6.04 Å². The van der Waals surface area contributed by atoms with Gasteiger partial charge in [0.1, 0.15) is 0 Å². The standard InChI is InChI=1S/C14H13Cl2NS/c1-9(17)10-5-6-14(13(16)7-10)18-12-4-2-3-11(15)8-12/h2-9H,17H2,1H3/t9-/m0/s1. The highest BCUT2D eigenvalue weighted by Crippen LogP contribution is 2.35. The van der Waals surface area contributed by atoms with Crippen LogP contribution in [0.2, 0.25) is 10.0 Å². The maximum atomic E-state index is 6.25. The summed E-state index contributed by atoms with van der Waals surface area (Å²) in [5, 5.41) is 1.44. The first-order valence-electron chi connectivity index (χ1n) is 5.54. The third kappa shape index (κ3) is 3.42. The minimum atomic E-state index is -0.00674. The number of hydrogen-bond acceptors (Lipinski definition) is 2. The Morgan fingerprint density at radius 3 is 2.50 bits per heavy atom. The molecule has 0 aromatic heterocycles. The van der Waals surface area contributed by atoms with Crippen molar-refractivity contribution in [3.63, 3.8) is 0 Å². The molecule has 1 atom stereocenters. The van der Waals surface area contributed by atoms with Crippen LogP contribution in [0.15, 0.2) is 52.3 Å². The fourth-order valence-electron chi connectivity index (χ4n) is 1.54. The van der Waals surface area contributed by atoms with Crippen molar-refractivity contribution in [3.05, 3.63) is 58.1 Å². The van der Waals surface area contributed by atoms with Gasteiger partial charge in [-0.2, -0.15) is 0 Å². The lowest BCUT2D eigenvalue weighted by Crippen LogP contribution is -2.04. The highest BCUT2D eigenvalue weighted by atomic mass is 35.5. The van der Waals surface area contributed by atoms with Crippen molar-refractivity contribution in [2.45, 2.75) is 22.8 Å². The van der Waals surface area contributed by atoms with Crippen molar-refractivity contribution in [1.82, 2.24) is 0 Å². The van der Waals surface area contributed by atoms with Gasteiger partial charge in [-0.3, -0.25) is 0 Å². The van der Waals surface area contributed by atoms with Crippen LogP contribution in [0.3, 0.4) is 0 Å². The van der Waals surface area contributed by atoms with Crippen LogP contribution in [0.5, 0.6) is 0 Å². The minimum Gasteiger partial charge on any atom is -0.324 e. The van der Waals surface area contributed by atoms with E-state index in [1.807, 2.05) is 49.4 Å². The van der Waals surface area contributed by atoms with Gasteiger partial charge in [0.25, 0.3) is 0 Å². The van der Waals surface area contributed by atoms with Gasteiger partial charge in [-0.15, -0.1) is 0 Å². The second-order valence-corrected chi connectivity index (χ2v) is 6.00. The average Bonchev–Trinajstić information content (AvgIpc) is 2.31. The topological polar surface area (TPSA) is 26.0 Å². The summed E-state index contributed by atoms with van der Waals surface area (Å²) >= 11 is 13.8. The lowest BCUT2D eigenvalue weighted by molar-refractivity contribution is 0.817. The summed E-state index contributed by atoms with van der Waals surface area (Å²) in [6.07, 6.45) is 0. The van der Waals surface area contributed by atoms with Crippen LogP contribution in [0.1, 0.15) is 18.5 Å². The Kier molecular flexibility index (Phi) is 4.57.